The molecule has 2 rings (SSSR count). The lowest BCUT2D eigenvalue weighted by molar-refractivity contribution is -0.385. The van der Waals surface area contributed by atoms with Crippen molar-refractivity contribution < 1.29 is 9.66 Å². The third kappa shape index (κ3) is 3.20. The molecule has 0 radical (unpaired) electrons. The largest absolute Gasteiger partial charge is 0.487 e. The summed E-state index contributed by atoms with van der Waals surface area (Å²) in [7, 11) is 0. The fraction of sp³-hybridized carbons (Fsp3) is 0.154. The van der Waals surface area contributed by atoms with Crippen molar-refractivity contribution in [3.8, 4) is 5.75 Å². The summed E-state index contributed by atoms with van der Waals surface area (Å²) in [6, 6.07) is 8.08. The number of pyridine rings is 1. The van der Waals surface area contributed by atoms with Gasteiger partial charge in [0.25, 0.3) is 5.69 Å². The van der Waals surface area contributed by atoms with Crippen molar-refractivity contribution in [3.63, 3.8) is 0 Å². The van der Waals surface area contributed by atoms with Gasteiger partial charge in [-0.15, -0.1) is 0 Å². The van der Waals surface area contributed by atoms with Crippen LogP contribution in [0.1, 0.15) is 11.3 Å². The molecule has 5 nitrogen and oxygen atoms in total. The lowest BCUT2D eigenvalue weighted by Gasteiger charge is -2.08. The van der Waals surface area contributed by atoms with Gasteiger partial charge in [0.05, 0.1) is 16.2 Å². The normalized spacial score (nSPS) is 10.2. The van der Waals surface area contributed by atoms with E-state index in [-0.39, 0.29) is 12.3 Å². The Balaban J connectivity index is 2.16. The molecular weight excluding hydrogens is 268 g/mol. The van der Waals surface area contributed by atoms with Crippen LogP contribution in [0.4, 0.5) is 5.69 Å². The summed E-state index contributed by atoms with van der Waals surface area (Å²) in [6.07, 6.45) is 1.58. The van der Waals surface area contributed by atoms with E-state index in [1.54, 1.807) is 37.4 Å². The summed E-state index contributed by atoms with van der Waals surface area (Å²) >= 11 is 5.84. The van der Waals surface area contributed by atoms with Crippen LogP contribution in [-0.2, 0) is 6.61 Å². The van der Waals surface area contributed by atoms with Crippen LogP contribution in [0, 0.1) is 17.0 Å². The van der Waals surface area contributed by atoms with Crippen LogP contribution in [0.25, 0.3) is 0 Å². The van der Waals surface area contributed by atoms with Gasteiger partial charge in [-0.25, -0.2) is 0 Å². The zero-order chi connectivity index (χ0) is 13.8. The highest BCUT2D eigenvalue weighted by Gasteiger charge is 2.14. The second-order valence-electron chi connectivity index (χ2n) is 3.91. The van der Waals surface area contributed by atoms with E-state index in [9.17, 15) is 10.1 Å². The maximum Gasteiger partial charge on any atom is 0.276 e. The van der Waals surface area contributed by atoms with Gasteiger partial charge in [-0.1, -0.05) is 17.7 Å². The molecule has 0 saturated heterocycles. The highest BCUT2D eigenvalue weighted by Crippen LogP contribution is 2.27. The second-order valence-corrected chi connectivity index (χ2v) is 4.35. The summed E-state index contributed by atoms with van der Waals surface area (Å²) in [5.41, 5.74) is 1.20. The smallest absolute Gasteiger partial charge is 0.276 e. The van der Waals surface area contributed by atoms with E-state index in [1.165, 1.54) is 6.07 Å². The molecule has 6 heteroatoms. The Hall–Kier alpha value is -2.14. The molecule has 0 saturated carbocycles. The van der Waals surface area contributed by atoms with Crippen LogP contribution in [0.5, 0.6) is 5.75 Å². The van der Waals surface area contributed by atoms with Crippen LogP contribution in [0.15, 0.2) is 36.5 Å². The van der Waals surface area contributed by atoms with Crippen molar-refractivity contribution in [2.75, 3.05) is 0 Å². The number of hydrogen-bond acceptors (Lipinski definition) is 4. The quantitative estimate of drug-likeness (QED) is 0.634. The van der Waals surface area contributed by atoms with Crippen molar-refractivity contribution in [3.05, 3.63) is 62.9 Å². The first-order valence-corrected chi connectivity index (χ1v) is 5.93. The topological polar surface area (TPSA) is 65.3 Å². The summed E-state index contributed by atoms with van der Waals surface area (Å²) in [6.45, 7) is 1.86. The molecule has 98 valence electrons. The average Bonchev–Trinajstić information content (AvgIpc) is 2.37. The van der Waals surface area contributed by atoms with E-state index in [0.29, 0.717) is 22.0 Å². The van der Waals surface area contributed by atoms with Crippen LogP contribution < -0.4 is 4.74 Å². The van der Waals surface area contributed by atoms with Gasteiger partial charge in [-0.3, -0.25) is 15.1 Å². The zero-order valence-electron chi connectivity index (χ0n) is 10.2. The SMILES string of the molecule is Cc1c(OCc2cc(Cl)ccn2)cccc1[N+](=O)[O-]. The number of halogens is 1. The van der Waals surface area contributed by atoms with Crippen LogP contribution >= 0.6 is 11.6 Å². The lowest BCUT2D eigenvalue weighted by atomic mass is 10.2. The van der Waals surface area contributed by atoms with Crippen molar-refractivity contribution >= 4 is 17.3 Å². The Morgan fingerprint density at radius 1 is 1.42 bits per heavy atom. The molecule has 0 N–H and O–H groups in total. The minimum atomic E-state index is -0.431. The highest BCUT2D eigenvalue weighted by molar-refractivity contribution is 6.30. The van der Waals surface area contributed by atoms with Gasteiger partial charge < -0.3 is 4.74 Å². The molecule has 2 aromatic rings. The fourth-order valence-corrected chi connectivity index (χ4v) is 1.82. The number of benzene rings is 1. The molecule has 0 unspecified atom stereocenters. The van der Waals surface area contributed by atoms with Gasteiger partial charge >= 0.3 is 0 Å². The minimum Gasteiger partial charge on any atom is -0.487 e. The molecule has 1 aromatic heterocycles. The van der Waals surface area contributed by atoms with Crippen molar-refractivity contribution in [2.45, 2.75) is 13.5 Å². The maximum absolute atomic E-state index is 10.8. The Kier molecular flexibility index (Phi) is 3.97. The molecule has 19 heavy (non-hydrogen) atoms. The van der Waals surface area contributed by atoms with Gasteiger partial charge in [0.2, 0.25) is 0 Å². The van der Waals surface area contributed by atoms with Gasteiger partial charge in [0.15, 0.2) is 0 Å². The molecule has 1 heterocycles. The summed E-state index contributed by atoms with van der Waals surface area (Å²) in [4.78, 5) is 14.5. The number of nitro benzene ring substituents is 1. The molecule has 0 bridgehead atoms. The van der Waals surface area contributed by atoms with E-state index in [0.717, 1.165) is 0 Å². The van der Waals surface area contributed by atoms with Gasteiger partial charge in [-0.2, -0.15) is 0 Å². The Morgan fingerprint density at radius 3 is 2.89 bits per heavy atom. The minimum absolute atomic E-state index is 0.0385. The molecule has 0 amide bonds. The number of hydrogen-bond donors (Lipinski definition) is 0. The molecule has 0 aliphatic rings. The van der Waals surface area contributed by atoms with E-state index in [4.69, 9.17) is 16.3 Å². The molecule has 1 aromatic carbocycles. The lowest BCUT2D eigenvalue weighted by Crippen LogP contribution is -2.00. The van der Waals surface area contributed by atoms with Crippen molar-refractivity contribution in [2.24, 2.45) is 0 Å². The highest BCUT2D eigenvalue weighted by atomic mass is 35.5. The number of nitro groups is 1. The zero-order valence-corrected chi connectivity index (χ0v) is 10.9. The van der Waals surface area contributed by atoms with E-state index >= 15 is 0 Å². The molecule has 0 aliphatic carbocycles. The number of nitrogens with zero attached hydrogens (tertiary/aromatic N) is 2. The Morgan fingerprint density at radius 2 is 2.21 bits per heavy atom. The molecule has 0 spiro atoms. The van der Waals surface area contributed by atoms with Crippen molar-refractivity contribution in [1.29, 1.82) is 0 Å². The molecule has 0 fully saturated rings. The average molecular weight is 279 g/mol. The first-order chi connectivity index (χ1) is 9.08. The Labute approximate surface area is 115 Å². The predicted octanol–water partition coefficient (Wildman–Crippen LogP) is 3.53. The van der Waals surface area contributed by atoms with Crippen LogP contribution in [0.2, 0.25) is 5.02 Å². The monoisotopic (exact) mass is 278 g/mol. The van der Waals surface area contributed by atoms with E-state index in [2.05, 4.69) is 4.98 Å². The van der Waals surface area contributed by atoms with E-state index < -0.39 is 4.92 Å². The molecular formula is C13H11ClN2O3. The summed E-state index contributed by atoms with van der Waals surface area (Å²) in [5, 5.41) is 11.4. The van der Waals surface area contributed by atoms with Gasteiger partial charge in [-0.05, 0) is 25.1 Å². The van der Waals surface area contributed by atoms with Crippen LogP contribution in [-0.4, -0.2) is 9.91 Å². The summed E-state index contributed by atoms with van der Waals surface area (Å²) < 4.78 is 5.54. The fourth-order valence-electron chi connectivity index (χ4n) is 1.64. The van der Waals surface area contributed by atoms with Gasteiger partial charge in [0, 0.05) is 17.3 Å². The number of ether oxygens (including phenoxy) is 1. The molecule has 0 atom stereocenters. The first-order valence-electron chi connectivity index (χ1n) is 5.55. The standard InChI is InChI=1S/C13H11ClN2O3/c1-9-12(16(17)18)3-2-4-13(9)19-8-11-7-10(14)5-6-15-11/h2-7H,8H2,1H3. The van der Waals surface area contributed by atoms with Gasteiger partial charge in [0.1, 0.15) is 12.4 Å². The number of rotatable bonds is 4. The third-order valence-corrected chi connectivity index (χ3v) is 2.84. The summed E-state index contributed by atoms with van der Waals surface area (Å²) in [5.74, 6) is 0.468. The predicted molar refractivity (Wildman–Crippen MR) is 71.4 cm³/mol. The number of aromatic nitrogens is 1. The first kappa shape index (κ1) is 13.3. The molecule has 0 aliphatic heterocycles. The van der Waals surface area contributed by atoms with Crippen LogP contribution in [0.3, 0.4) is 0 Å². The van der Waals surface area contributed by atoms with Crippen molar-refractivity contribution in [1.82, 2.24) is 4.98 Å². The van der Waals surface area contributed by atoms with E-state index in [1.807, 2.05) is 0 Å². The third-order valence-electron chi connectivity index (χ3n) is 2.61. The Bertz CT molecular complexity index is 617. The maximum atomic E-state index is 10.8. The second kappa shape index (κ2) is 5.67.